The number of rotatable bonds is 1. The van der Waals surface area contributed by atoms with E-state index in [9.17, 15) is 4.79 Å². The Hall–Kier alpha value is -0.330. The third-order valence-corrected chi connectivity index (χ3v) is 4.58. The van der Waals surface area contributed by atoms with Crippen LogP contribution in [0.4, 0.5) is 0 Å². The molecule has 3 fully saturated rings. The number of ketones is 1. The topological polar surface area (TPSA) is 17.1 Å². The Morgan fingerprint density at radius 1 is 1.33 bits per heavy atom. The third kappa shape index (κ3) is 0.605. The highest BCUT2D eigenvalue weighted by Gasteiger charge is 2.61. The lowest BCUT2D eigenvalue weighted by Gasteiger charge is -2.45. The minimum atomic E-state index is 0.477. The van der Waals surface area contributed by atoms with Crippen LogP contribution in [0, 0.1) is 29.6 Å². The molecule has 12 heavy (non-hydrogen) atoms. The van der Waals surface area contributed by atoms with E-state index in [0.29, 0.717) is 17.6 Å². The molecule has 2 bridgehead atoms. The minimum absolute atomic E-state index is 0.477. The van der Waals surface area contributed by atoms with Crippen LogP contribution in [0.15, 0.2) is 0 Å². The Labute approximate surface area is 73.5 Å². The molecule has 3 saturated carbocycles. The summed E-state index contributed by atoms with van der Waals surface area (Å²) in [5.41, 5.74) is 0. The van der Waals surface area contributed by atoms with Crippen LogP contribution in [0.2, 0.25) is 0 Å². The van der Waals surface area contributed by atoms with Crippen molar-refractivity contribution in [1.82, 2.24) is 0 Å². The highest BCUT2D eigenvalue weighted by molar-refractivity contribution is 5.91. The molecule has 3 rings (SSSR count). The van der Waals surface area contributed by atoms with E-state index in [1.807, 2.05) is 0 Å². The van der Waals surface area contributed by atoms with Gasteiger partial charge in [0.15, 0.2) is 0 Å². The van der Waals surface area contributed by atoms with Crippen molar-refractivity contribution >= 4 is 5.78 Å². The van der Waals surface area contributed by atoms with Crippen molar-refractivity contribution in [1.29, 1.82) is 0 Å². The minimum Gasteiger partial charge on any atom is -0.299 e. The first-order valence-electron chi connectivity index (χ1n) is 5.36. The number of hydrogen-bond acceptors (Lipinski definition) is 1. The van der Waals surface area contributed by atoms with E-state index in [0.717, 1.165) is 24.2 Å². The fourth-order valence-corrected chi connectivity index (χ4v) is 4.13. The van der Waals surface area contributed by atoms with Crippen molar-refractivity contribution in [2.24, 2.45) is 29.6 Å². The van der Waals surface area contributed by atoms with Crippen LogP contribution in [0.25, 0.3) is 0 Å². The van der Waals surface area contributed by atoms with E-state index >= 15 is 0 Å². The average molecular weight is 164 g/mol. The molecule has 0 spiro atoms. The molecule has 3 aliphatic carbocycles. The lowest BCUT2D eigenvalue weighted by atomic mass is 9.57. The zero-order valence-corrected chi connectivity index (χ0v) is 7.62. The number of carbonyl (C=O) groups excluding carboxylic acids is 1. The predicted molar refractivity (Wildman–Crippen MR) is 46.6 cm³/mol. The molecule has 0 radical (unpaired) electrons. The van der Waals surface area contributed by atoms with E-state index < -0.39 is 0 Å². The second kappa shape index (κ2) is 2.12. The van der Waals surface area contributed by atoms with E-state index in [1.165, 1.54) is 19.3 Å². The van der Waals surface area contributed by atoms with Gasteiger partial charge in [0.05, 0.1) is 0 Å². The maximum Gasteiger partial charge on any atom is 0.139 e. The molecule has 0 saturated heterocycles. The summed E-state index contributed by atoms with van der Waals surface area (Å²) in [5.74, 6) is 4.23. The maximum atomic E-state index is 11.7. The molecule has 0 aromatic heterocycles. The van der Waals surface area contributed by atoms with Crippen LogP contribution in [0.1, 0.15) is 32.6 Å². The van der Waals surface area contributed by atoms with Crippen molar-refractivity contribution in [2.45, 2.75) is 32.6 Å². The SMILES string of the molecule is CCC1C(=O)C2C3CCC(C3)C12. The second-order valence-electron chi connectivity index (χ2n) is 4.85. The van der Waals surface area contributed by atoms with Gasteiger partial charge in [0.25, 0.3) is 0 Å². The lowest BCUT2D eigenvalue weighted by Crippen LogP contribution is -2.50. The molecule has 5 unspecified atom stereocenters. The van der Waals surface area contributed by atoms with Gasteiger partial charge in [-0.3, -0.25) is 4.79 Å². The summed E-state index contributed by atoms with van der Waals surface area (Å²) in [7, 11) is 0. The molecule has 1 heteroatoms. The van der Waals surface area contributed by atoms with Crippen molar-refractivity contribution in [3.63, 3.8) is 0 Å². The number of hydrogen-bond donors (Lipinski definition) is 0. The first-order valence-corrected chi connectivity index (χ1v) is 5.36. The quantitative estimate of drug-likeness (QED) is 0.581. The molecule has 66 valence electrons. The fraction of sp³-hybridized carbons (Fsp3) is 0.909. The monoisotopic (exact) mass is 164 g/mol. The van der Waals surface area contributed by atoms with Gasteiger partial charge in [-0.1, -0.05) is 6.92 Å². The molecule has 0 aromatic rings. The third-order valence-electron chi connectivity index (χ3n) is 4.58. The van der Waals surface area contributed by atoms with Crippen LogP contribution in [0.3, 0.4) is 0 Å². The lowest BCUT2D eigenvalue weighted by molar-refractivity contribution is -0.147. The van der Waals surface area contributed by atoms with E-state index in [-0.39, 0.29) is 0 Å². The zero-order chi connectivity index (χ0) is 8.29. The standard InChI is InChI=1S/C11H16O/c1-2-8-9-6-3-4-7(5-6)10(9)11(8)12/h6-10H,2-5H2,1H3. The summed E-state index contributed by atoms with van der Waals surface area (Å²) in [5, 5.41) is 0. The van der Waals surface area contributed by atoms with Crippen molar-refractivity contribution in [2.75, 3.05) is 0 Å². The highest BCUT2D eigenvalue weighted by atomic mass is 16.1. The largest absolute Gasteiger partial charge is 0.299 e. The molecule has 1 nitrogen and oxygen atoms in total. The van der Waals surface area contributed by atoms with Crippen LogP contribution < -0.4 is 0 Å². The van der Waals surface area contributed by atoms with Gasteiger partial charge in [-0.05, 0) is 43.4 Å². The van der Waals surface area contributed by atoms with Gasteiger partial charge < -0.3 is 0 Å². The van der Waals surface area contributed by atoms with Gasteiger partial charge in [-0.15, -0.1) is 0 Å². The molecule has 0 aromatic carbocycles. The van der Waals surface area contributed by atoms with Crippen LogP contribution >= 0.6 is 0 Å². The first-order chi connectivity index (χ1) is 5.83. The van der Waals surface area contributed by atoms with Gasteiger partial charge in [0, 0.05) is 11.8 Å². The average Bonchev–Trinajstić information content (AvgIpc) is 2.60. The Morgan fingerprint density at radius 2 is 2.08 bits per heavy atom. The first kappa shape index (κ1) is 7.11. The molecule has 5 atom stereocenters. The smallest absolute Gasteiger partial charge is 0.139 e. The molecule has 0 N–H and O–H groups in total. The normalized spacial score (nSPS) is 55.4. The molecule has 3 aliphatic rings. The summed E-state index contributed by atoms with van der Waals surface area (Å²) in [4.78, 5) is 11.7. The second-order valence-corrected chi connectivity index (χ2v) is 4.85. The van der Waals surface area contributed by atoms with Gasteiger partial charge in [0.2, 0.25) is 0 Å². The number of fused-ring (bicyclic) bond motifs is 5. The van der Waals surface area contributed by atoms with E-state index in [4.69, 9.17) is 0 Å². The van der Waals surface area contributed by atoms with Crippen molar-refractivity contribution in [3.05, 3.63) is 0 Å². The molecule has 0 amide bonds. The summed E-state index contributed by atoms with van der Waals surface area (Å²) in [6, 6.07) is 0. The zero-order valence-electron chi connectivity index (χ0n) is 7.62. The molecular formula is C11H16O. The maximum absolute atomic E-state index is 11.7. The van der Waals surface area contributed by atoms with Crippen molar-refractivity contribution in [3.8, 4) is 0 Å². The van der Waals surface area contributed by atoms with E-state index in [1.54, 1.807) is 0 Å². The van der Waals surface area contributed by atoms with Crippen LogP contribution in [0.5, 0.6) is 0 Å². The summed E-state index contributed by atoms with van der Waals surface area (Å²) < 4.78 is 0. The predicted octanol–water partition coefficient (Wildman–Crippen LogP) is 2.26. The van der Waals surface area contributed by atoms with Gasteiger partial charge in [-0.2, -0.15) is 0 Å². The Balaban J connectivity index is 1.88. The van der Waals surface area contributed by atoms with Gasteiger partial charge in [-0.25, -0.2) is 0 Å². The van der Waals surface area contributed by atoms with Gasteiger partial charge in [0.1, 0.15) is 5.78 Å². The highest BCUT2D eigenvalue weighted by Crippen LogP contribution is 2.62. The van der Waals surface area contributed by atoms with Crippen LogP contribution in [-0.4, -0.2) is 5.78 Å². The Morgan fingerprint density at radius 3 is 2.83 bits per heavy atom. The van der Waals surface area contributed by atoms with Crippen LogP contribution in [-0.2, 0) is 4.79 Å². The summed E-state index contributed by atoms with van der Waals surface area (Å²) in [6.45, 7) is 2.17. The summed E-state index contributed by atoms with van der Waals surface area (Å²) >= 11 is 0. The molecule has 0 heterocycles. The molecular weight excluding hydrogens is 148 g/mol. The number of Topliss-reactive ketones (excluding diaryl/α,β-unsaturated/α-hetero) is 1. The van der Waals surface area contributed by atoms with Gasteiger partial charge >= 0.3 is 0 Å². The number of carbonyl (C=O) groups is 1. The molecule has 0 aliphatic heterocycles. The van der Waals surface area contributed by atoms with Crippen molar-refractivity contribution < 1.29 is 4.79 Å². The van der Waals surface area contributed by atoms with E-state index in [2.05, 4.69) is 6.92 Å². The fourth-order valence-electron chi connectivity index (χ4n) is 4.13. The Kier molecular flexibility index (Phi) is 1.26. The summed E-state index contributed by atoms with van der Waals surface area (Å²) in [6.07, 6.45) is 5.27. The Bertz CT molecular complexity index is 233.